The maximum absolute atomic E-state index is 13.0. The summed E-state index contributed by atoms with van der Waals surface area (Å²) in [7, 11) is 0.991. The van der Waals surface area contributed by atoms with E-state index >= 15 is 0 Å². The second kappa shape index (κ2) is 6.74. The van der Waals surface area contributed by atoms with Crippen LogP contribution in [0.1, 0.15) is 5.69 Å². The van der Waals surface area contributed by atoms with Gasteiger partial charge in [-0.2, -0.15) is 17.5 Å². The van der Waals surface area contributed by atoms with Crippen molar-refractivity contribution in [1.29, 1.82) is 0 Å². The summed E-state index contributed by atoms with van der Waals surface area (Å²) in [5, 5.41) is 0.734. The maximum atomic E-state index is 13.0. The van der Waals surface area contributed by atoms with Crippen molar-refractivity contribution in [2.45, 2.75) is 6.18 Å². The Morgan fingerprint density at radius 1 is 1.14 bits per heavy atom. The Bertz CT molecular complexity index is 1160. The molecule has 0 bridgehead atoms. The molecule has 3 aromatic rings. The molecule has 1 fully saturated rings. The van der Waals surface area contributed by atoms with Gasteiger partial charge in [0, 0.05) is 31.6 Å². The van der Waals surface area contributed by atoms with Crippen LogP contribution < -0.4 is 16.1 Å². The van der Waals surface area contributed by atoms with Gasteiger partial charge in [0.25, 0.3) is 5.56 Å². The van der Waals surface area contributed by atoms with E-state index in [2.05, 4.69) is 4.37 Å². The van der Waals surface area contributed by atoms with Gasteiger partial charge in [-0.05, 0) is 29.7 Å². The minimum absolute atomic E-state index is 0.196. The van der Waals surface area contributed by atoms with Gasteiger partial charge in [0.15, 0.2) is 0 Å². The van der Waals surface area contributed by atoms with Gasteiger partial charge in [0.2, 0.25) is 0 Å². The minimum Gasteiger partial charge on any atom is -0.378 e. The van der Waals surface area contributed by atoms with Crippen LogP contribution in [-0.4, -0.2) is 39.8 Å². The van der Waals surface area contributed by atoms with E-state index in [-0.39, 0.29) is 5.69 Å². The number of ether oxygens (including phenoxy) is 1. The first-order valence-electron chi connectivity index (χ1n) is 8.40. The Morgan fingerprint density at radius 3 is 2.54 bits per heavy atom. The van der Waals surface area contributed by atoms with Crippen LogP contribution in [0.5, 0.6) is 0 Å². The third-order valence-electron chi connectivity index (χ3n) is 4.61. The van der Waals surface area contributed by atoms with E-state index in [4.69, 9.17) is 4.74 Å². The number of hydrogen-bond donors (Lipinski definition) is 0. The van der Waals surface area contributed by atoms with Crippen molar-refractivity contribution in [1.82, 2.24) is 13.5 Å². The summed E-state index contributed by atoms with van der Waals surface area (Å²) in [6.45, 7) is 2.45. The van der Waals surface area contributed by atoms with Crippen LogP contribution in [0.3, 0.4) is 0 Å². The summed E-state index contributed by atoms with van der Waals surface area (Å²) in [4.78, 5) is 26.9. The van der Waals surface area contributed by atoms with Gasteiger partial charge < -0.3 is 9.64 Å². The molecule has 1 aliphatic heterocycles. The van der Waals surface area contributed by atoms with E-state index < -0.39 is 23.1 Å². The fraction of sp³-hybridized carbons (Fsp3) is 0.353. The van der Waals surface area contributed by atoms with E-state index in [1.807, 2.05) is 4.90 Å². The number of hydrogen-bond acceptors (Lipinski definition) is 6. The summed E-state index contributed by atoms with van der Waals surface area (Å²) in [6, 6.07) is 5.27. The zero-order valence-electron chi connectivity index (χ0n) is 14.7. The number of alkyl halides is 3. The zero-order chi connectivity index (χ0) is 20.1. The molecule has 28 heavy (non-hydrogen) atoms. The molecule has 0 aliphatic carbocycles. The number of rotatable bonds is 2. The van der Waals surface area contributed by atoms with Crippen molar-refractivity contribution in [2.75, 3.05) is 31.2 Å². The smallest absolute Gasteiger partial charge is 0.378 e. The van der Waals surface area contributed by atoms with Crippen LogP contribution in [0.4, 0.5) is 19.0 Å². The molecule has 148 valence electrons. The van der Waals surface area contributed by atoms with E-state index in [0.717, 1.165) is 21.7 Å². The van der Waals surface area contributed by atoms with E-state index in [0.29, 0.717) is 42.8 Å². The van der Waals surface area contributed by atoms with Crippen LogP contribution >= 0.6 is 11.5 Å². The fourth-order valence-electron chi connectivity index (χ4n) is 3.19. The number of fused-ring (bicyclic) bond motifs is 1. The van der Waals surface area contributed by atoms with Crippen LogP contribution in [0.15, 0.2) is 33.9 Å². The Hall–Kier alpha value is -2.66. The van der Waals surface area contributed by atoms with Gasteiger partial charge in [0.1, 0.15) is 11.5 Å². The molecule has 0 spiro atoms. The molecule has 0 N–H and O–H groups in total. The lowest BCUT2D eigenvalue weighted by Crippen LogP contribution is -2.40. The van der Waals surface area contributed by atoms with Gasteiger partial charge in [-0.25, -0.2) is 9.36 Å². The average molecular weight is 412 g/mol. The zero-order valence-corrected chi connectivity index (χ0v) is 15.5. The molecule has 0 radical (unpaired) electrons. The highest BCUT2D eigenvalue weighted by Crippen LogP contribution is 2.32. The minimum atomic E-state index is -4.79. The summed E-state index contributed by atoms with van der Waals surface area (Å²) in [5.74, 6) is 0.710. The number of halogens is 3. The van der Waals surface area contributed by atoms with Crippen molar-refractivity contribution < 1.29 is 17.9 Å². The van der Waals surface area contributed by atoms with Gasteiger partial charge in [-0.1, -0.05) is 0 Å². The fourth-order valence-corrected chi connectivity index (χ4v) is 3.97. The largest absolute Gasteiger partial charge is 0.431 e. The van der Waals surface area contributed by atoms with Crippen LogP contribution in [-0.2, 0) is 18.0 Å². The molecule has 1 saturated heterocycles. The van der Waals surface area contributed by atoms with Crippen LogP contribution in [0.25, 0.3) is 15.8 Å². The third kappa shape index (κ3) is 3.10. The highest BCUT2D eigenvalue weighted by molar-refractivity contribution is 7.13. The van der Waals surface area contributed by atoms with Crippen molar-refractivity contribution in [3.05, 3.63) is 50.8 Å². The van der Waals surface area contributed by atoms with E-state index in [1.165, 1.54) is 17.6 Å². The molecule has 0 amide bonds. The molecule has 3 heterocycles. The second-order valence-electron chi connectivity index (χ2n) is 6.33. The molecule has 0 saturated carbocycles. The van der Waals surface area contributed by atoms with Gasteiger partial charge >= 0.3 is 11.9 Å². The lowest BCUT2D eigenvalue weighted by Gasteiger charge is -2.27. The number of benzene rings is 1. The molecular formula is C17H15F3N4O3S. The predicted molar refractivity (Wildman–Crippen MR) is 98.5 cm³/mol. The summed E-state index contributed by atoms with van der Waals surface area (Å²) >= 11 is 1.28. The monoisotopic (exact) mass is 412 g/mol. The summed E-state index contributed by atoms with van der Waals surface area (Å²) < 4.78 is 50.9. The maximum Gasteiger partial charge on any atom is 0.431 e. The molecular weight excluding hydrogens is 397 g/mol. The third-order valence-corrected chi connectivity index (χ3v) is 5.43. The highest BCUT2D eigenvalue weighted by Gasteiger charge is 2.35. The van der Waals surface area contributed by atoms with Gasteiger partial charge in [0.05, 0.1) is 23.6 Å². The molecule has 4 rings (SSSR count). The number of aromatic nitrogens is 3. The summed E-state index contributed by atoms with van der Waals surface area (Å²) in [6.07, 6.45) is -4.79. The Balaban J connectivity index is 1.87. The lowest BCUT2D eigenvalue weighted by molar-refractivity contribution is -0.144. The first-order chi connectivity index (χ1) is 13.3. The predicted octanol–water partition coefficient (Wildman–Crippen LogP) is 2.00. The standard InChI is InChI=1S/C17H15F3N4O3S/c1-22-13(17(18,19)20)9-14(25)24(16(22)26)10-2-3-12-11(8-10)15(21-28-12)23-4-6-27-7-5-23/h2-3,8-9H,4-7H2,1H3. The van der Waals surface area contributed by atoms with Crippen LogP contribution in [0, 0.1) is 0 Å². The Labute approximate surface area is 160 Å². The molecule has 2 aromatic heterocycles. The van der Waals surface area contributed by atoms with Gasteiger partial charge in [-0.3, -0.25) is 9.36 Å². The van der Waals surface area contributed by atoms with E-state index in [9.17, 15) is 22.8 Å². The van der Waals surface area contributed by atoms with Crippen molar-refractivity contribution in [2.24, 2.45) is 7.05 Å². The van der Waals surface area contributed by atoms with Crippen molar-refractivity contribution in [3.63, 3.8) is 0 Å². The highest BCUT2D eigenvalue weighted by atomic mass is 32.1. The quantitative estimate of drug-likeness (QED) is 0.644. The summed E-state index contributed by atoms with van der Waals surface area (Å²) in [5.41, 5.74) is -3.19. The number of morpholine rings is 1. The second-order valence-corrected chi connectivity index (χ2v) is 7.13. The molecule has 0 atom stereocenters. The molecule has 1 aliphatic rings. The Kier molecular flexibility index (Phi) is 4.50. The topological polar surface area (TPSA) is 69.4 Å². The molecule has 0 unspecified atom stereocenters. The SMILES string of the molecule is Cn1c(C(F)(F)F)cc(=O)n(-c2ccc3snc(N4CCOCC4)c3c2)c1=O. The lowest BCUT2D eigenvalue weighted by atomic mass is 10.2. The first kappa shape index (κ1) is 18.7. The van der Waals surface area contributed by atoms with Crippen molar-refractivity contribution in [3.8, 4) is 5.69 Å². The molecule has 1 aromatic carbocycles. The Morgan fingerprint density at radius 2 is 1.86 bits per heavy atom. The number of anilines is 1. The van der Waals surface area contributed by atoms with Crippen LogP contribution in [0.2, 0.25) is 0 Å². The van der Waals surface area contributed by atoms with Crippen molar-refractivity contribution >= 4 is 27.4 Å². The number of nitrogens with zero attached hydrogens (tertiary/aromatic N) is 4. The normalized spacial score (nSPS) is 15.4. The van der Waals surface area contributed by atoms with Gasteiger partial charge in [-0.15, -0.1) is 0 Å². The first-order valence-corrected chi connectivity index (χ1v) is 9.17. The van der Waals surface area contributed by atoms with E-state index in [1.54, 1.807) is 12.1 Å². The molecule has 7 nitrogen and oxygen atoms in total. The molecule has 11 heteroatoms. The average Bonchev–Trinajstić information content (AvgIpc) is 3.08.